The molecule has 1 aliphatic rings. The summed E-state index contributed by atoms with van der Waals surface area (Å²) in [6.45, 7) is 3.60. The maximum atomic E-state index is 14.7. The second-order valence-electron chi connectivity index (χ2n) is 7.79. The van der Waals surface area contributed by atoms with E-state index in [-0.39, 0.29) is 53.8 Å². The number of carbonyl (C=O) groups excluding carboxylic acids is 1. The highest BCUT2D eigenvalue weighted by Gasteiger charge is 2.41. The van der Waals surface area contributed by atoms with Crippen LogP contribution in [0.1, 0.15) is 19.7 Å². The first kappa shape index (κ1) is 22.9. The third-order valence-electron chi connectivity index (χ3n) is 5.42. The van der Waals surface area contributed by atoms with Crippen LogP contribution in [0.25, 0.3) is 11.3 Å². The molecule has 3 aromatic rings. The van der Waals surface area contributed by atoms with E-state index in [1.807, 2.05) is 0 Å². The smallest absolute Gasteiger partial charge is 0.237 e. The number of aromatic nitrogens is 4. The molecule has 2 aromatic heterocycles. The first-order chi connectivity index (χ1) is 15.6. The van der Waals surface area contributed by atoms with Gasteiger partial charge in [0.2, 0.25) is 11.9 Å². The van der Waals surface area contributed by atoms with E-state index in [0.717, 1.165) is 0 Å². The van der Waals surface area contributed by atoms with Crippen molar-refractivity contribution in [3.63, 3.8) is 0 Å². The summed E-state index contributed by atoms with van der Waals surface area (Å²) in [6.07, 6.45) is 2.63. The summed E-state index contributed by atoms with van der Waals surface area (Å²) in [5, 5.41) is 3.13. The van der Waals surface area contributed by atoms with E-state index in [4.69, 9.17) is 17.3 Å². The molecule has 8 nitrogen and oxygen atoms in total. The largest absolute Gasteiger partial charge is 0.327 e. The van der Waals surface area contributed by atoms with Crippen molar-refractivity contribution in [2.45, 2.75) is 25.9 Å². The number of hydrogen-bond acceptors (Lipinski definition) is 6. The van der Waals surface area contributed by atoms with Gasteiger partial charge in [-0.15, -0.1) is 0 Å². The minimum Gasteiger partial charge on any atom is -0.327 e. The molecule has 1 aromatic carbocycles. The maximum Gasteiger partial charge on any atom is 0.237 e. The summed E-state index contributed by atoms with van der Waals surface area (Å²) in [5.74, 6) is -7.00. The van der Waals surface area contributed by atoms with Crippen molar-refractivity contribution < 1.29 is 22.4 Å². The zero-order valence-electron chi connectivity index (χ0n) is 17.5. The molecule has 0 aliphatic carbocycles. The topological polar surface area (TPSA) is 102 Å². The van der Waals surface area contributed by atoms with Gasteiger partial charge < -0.3 is 20.5 Å². The molecule has 0 fully saturated rings. The number of nitrogens with one attached hydrogen (secondary N) is 1. The molecule has 0 bridgehead atoms. The Morgan fingerprint density at radius 1 is 1.15 bits per heavy atom. The molecule has 33 heavy (non-hydrogen) atoms. The third kappa shape index (κ3) is 3.78. The Morgan fingerprint density at radius 2 is 1.82 bits per heavy atom. The number of fused-ring (bicyclic) bond motifs is 1. The lowest BCUT2D eigenvalue weighted by atomic mass is 9.99. The molecule has 1 amide bonds. The van der Waals surface area contributed by atoms with Gasteiger partial charge in [0.15, 0.2) is 23.3 Å². The standard InChI is InChI=1S/C20H18ClF4N7O/c1-20(2)18-29-16(10-5-11(22)14(24)15(25)13(10)23)17(30-19-27-7-9(21)8-28-19)31(18)3-4-32(20)12(33)6-26/h5,7-8H,3-4,6,26H2,1-2H3,(H,27,28,30). The van der Waals surface area contributed by atoms with Crippen LogP contribution in [0.4, 0.5) is 29.3 Å². The second kappa shape index (κ2) is 8.27. The van der Waals surface area contributed by atoms with Crippen molar-refractivity contribution in [1.82, 2.24) is 24.4 Å². The number of halogens is 5. The van der Waals surface area contributed by atoms with Gasteiger partial charge in [-0.2, -0.15) is 0 Å². The van der Waals surface area contributed by atoms with Crippen LogP contribution >= 0.6 is 11.6 Å². The van der Waals surface area contributed by atoms with Crippen LogP contribution in [0.15, 0.2) is 18.5 Å². The number of nitrogens with zero attached hydrogens (tertiary/aromatic N) is 5. The van der Waals surface area contributed by atoms with Crippen molar-refractivity contribution in [1.29, 1.82) is 0 Å². The average molecular weight is 484 g/mol. The summed E-state index contributed by atoms with van der Waals surface area (Å²) in [5.41, 5.74) is 3.68. The number of benzene rings is 1. The van der Waals surface area contributed by atoms with Crippen LogP contribution in [0.5, 0.6) is 0 Å². The van der Waals surface area contributed by atoms with Gasteiger partial charge in [0, 0.05) is 18.7 Å². The van der Waals surface area contributed by atoms with Crippen molar-refractivity contribution >= 4 is 29.3 Å². The van der Waals surface area contributed by atoms with Gasteiger partial charge in [-0.25, -0.2) is 32.5 Å². The number of carbonyl (C=O) groups is 1. The van der Waals surface area contributed by atoms with Crippen molar-refractivity contribution in [3.05, 3.63) is 52.6 Å². The fourth-order valence-electron chi connectivity index (χ4n) is 3.83. The average Bonchev–Trinajstić information content (AvgIpc) is 3.15. The van der Waals surface area contributed by atoms with E-state index in [9.17, 15) is 22.4 Å². The molecule has 0 spiro atoms. The molecule has 0 unspecified atom stereocenters. The summed E-state index contributed by atoms with van der Waals surface area (Å²) in [6, 6.07) is 0.520. The zero-order valence-corrected chi connectivity index (χ0v) is 18.2. The normalized spacial score (nSPS) is 14.8. The van der Waals surface area contributed by atoms with Crippen molar-refractivity contribution in [2.75, 3.05) is 18.4 Å². The predicted molar refractivity (Wildman–Crippen MR) is 112 cm³/mol. The van der Waals surface area contributed by atoms with E-state index in [1.54, 1.807) is 18.4 Å². The molecule has 0 saturated carbocycles. The summed E-state index contributed by atoms with van der Waals surface area (Å²) < 4.78 is 58.0. The number of imidazole rings is 1. The minimum absolute atomic E-state index is 0.0464. The fourth-order valence-corrected chi connectivity index (χ4v) is 3.92. The summed E-state index contributed by atoms with van der Waals surface area (Å²) in [7, 11) is 0. The van der Waals surface area contributed by atoms with Crippen LogP contribution in [0, 0.1) is 23.3 Å². The van der Waals surface area contributed by atoms with E-state index in [1.165, 1.54) is 17.3 Å². The van der Waals surface area contributed by atoms with Gasteiger partial charge in [0.1, 0.15) is 17.3 Å². The van der Waals surface area contributed by atoms with Gasteiger partial charge in [-0.1, -0.05) is 11.6 Å². The molecular weight excluding hydrogens is 466 g/mol. The molecule has 1 aliphatic heterocycles. The predicted octanol–water partition coefficient (Wildman–Crippen LogP) is 3.33. The Labute approximate surface area is 190 Å². The van der Waals surface area contributed by atoms with Gasteiger partial charge in [-0.05, 0) is 19.9 Å². The highest BCUT2D eigenvalue weighted by Crippen LogP contribution is 2.40. The SMILES string of the molecule is CC1(C)c2nc(-c3cc(F)c(F)c(F)c3F)c(Nc3ncc(Cl)cn3)n2CCN1C(=O)CN. The third-order valence-corrected chi connectivity index (χ3v) is 5.62. The highest BCUT2D eigenvalue weighted by molar-refractivity contribution is 6.30. The first-order valence-corrected chi connectivity index (χ1v) is 10.1. The number of amides is 1. The molecule has 13 heteroatoms. The molecular formula is C20H18ClF4N7O. The van der Waals surface area contributed by atoms with Crippen LogP contribution in [0.3, 0.4) is 0 Å². The molecule has 174 valence electrons. The van der Waals surface area contributed by atoms with Crippen LogP contribution in [0.2, 0.25) is 5.02 Å². The van der Waals surface area contributed by atoms with E-state index in [2.05, 4.69) is 20.3 Å². The van der Waals surface area contributed by atoms with Gasteiger partial charge >= 0.3 is 0 Å². The molecule has 3 heterocycles. The quantitative estimate of drug-likeness (QED) is 0.335. The number of nitrogens with two attached hydrogens (primary N) is 1. The number of rotatable bonds is 4. The lowest BCUT2D eigenvalue weighted by Gasteiger charge is -2.42. The maximum absolute atomic E-state index is 14.7. The van der Waals surface area contributed by atoms with Gasteiger partial charge in [0.25, 0.3) is 0 Å². The van der Waals surface area contributed by atoms with Gasteiger partial charge in [0.05, 0.1) is 29.5 Å². The number of anilines is 2. The molecule has 0 saturated heterocycles. The lowest BCUT2D eigenvalue weighted by molar-refractivity contribution is -0.137. The van der Waals surface area contributed by atoms with E-state index < -0.39 is 34.4 Å². The Balaban J connectivity index is 1.94. The summed E-state index contributed by atoms with van der Waals surface area (Å²) >= 11 is 5.82. The Morgan fingerprint density at radius 3 is 2.45 bits per heavy atom. The second-order valence-corrected chi connectivity index (χ2v) is 8.23. The van der Waals surface area contributed by atoms with Crippen LogP contribution < -0.4 is 11.1 Å². The van der Waals surface area contributed by atoms with Crippen LogP contribution in [-0.4, -0.2) is 43.4 Å². The Hall–Kier alpha value is -3.25. The van der Waals surface area contributed by atoms with E-state index >= 15 is 0 Å². The van der Waals surface area contributed by atoms with E-state index in [0.29, 0.717) is 6.07 Å². The fraction of sp³-hybridized carbons (Fsp3) is 0.300. The molecule has 3 N–H and O–H groups in total. The Kier molecular flexibility index (Phi) is 5.74. The van der Waals surface area contributed by atoms with Crippen molar-refractivity contribution in [3.8, 4) is 11.3 Å². The number of hydrogen-bond donors (Lipinski definition) is 2. The molecule has 4 rings (SSSR count). The summed E-state index contributed by atoms with van der Waals surface area (Å²) in [4.78, 5) is 26.3. The monoisotopic (exact) mass is 483 g/mol. The van der Waals surface area contributed by atoms with Gasteiger partial charge in [-0.3, -0.25) is 4.79 Å². The molecule has 0 radical (unpaired) electrons. The first-order valence-electron chi connectivity index (χ1n) is 9.75. The Bertz CT molecular complexity index is 1250. The van der Waals surface area contributed by atoms with Crippen molar-refractivity contribution in [2.24, 2.45) is 5.73 Å². The minimum atomic E-state index is -1.97. The zero-order chi connectivity index (χ0) is 24.1. The lowest BCUT2D eigenvalue weighted by Crippen LogP contribution is -2.53. The van der Waals surface area contributed by atoms with Crippen LogP contribution in [-0.2, 0) is 16.9 Å². The highest BCUT2D eigenvalue weighted by atomic mass is 35.5. The molecule has 0 atom stereocenters.